The highest BCUT2D eigenvalue weighted by molar-refractivity contribution is 5.92. The summed E-state index contributed by atoms with van der Waals surface area (Å²) in [6.45, 7) is 4.45. The molecule has 2 N–H and O–H groups in total. The molecular formula is C18H25N3. The van der Waals surface area contributed by atoms with Crippen molar-refractivity contribution in [3.05, 3.63) is 36.0 Å². The van der Waals surface area contributed by atoms with Crippen LogP contribution in [0, 0.1) is 0 Å². The number of aryl methyl sites for hydroxylation is 1. The van der Waals surface area contributed by atoms with Crippen molar-refractivity contribution in [3.63, 3.8) is 0 Å². The van der Waals surface area contributed by atoms with Crippen LogP contribution in [0.4, 0.5) is 5.82 Å². The highest BCUT2D eigenvalue weighted by atomic mass is 15.0. The summed E-state index contributed by atoms with van der Waals surface area (Å²) in [6.07, 6.45) is 7.92. The van der Waals surface area contributed by atoms with E-state index in [2.05, 4.69) is 46.8 Å². The van der Waals surface area contributed by atoms with E-state index in [-0.39, 0.29) is 0 Å². The Kier molecular flexibility index (Phi) is 4.71. The molecule has 1 aromatic carbocycles. The van der Waals surface area contributed by atoms with Gasteiger partial charge in [-0.1, -0.05) is 25.5 Å². The van der Waals surface area contributed by atoms with Crippen LogP contribution in [-0.4, -0.2) is 24.1 Å². The highest BCUT2D eigenvalue weighted by Crippen LogP contribution is 2.24. The zero-order chi connectivity index (χ0) is 14.5. The monoisotopic (exact) mass is 283 g/mol. The van der Waals surface area contributed by atoms with Crippen LogP contribution < -0.4 is 10.6 Å². The summed E-state index contributed by atoms with van der Waals surface area (Å²) in [6, 6.07) is 9.46. The van der Waals surface area contributed by atoms with E-state index in [4.69, 9.17) is 0 Å². The number of piperidine rings is 1. The number of aromatic nitrogens is 1. The number of nitrogens with zero attached hydrogens (tertiary/aromatic N) is 1. The largest absolute Gasteiger partial charge is 0.367 e. The van der Waals surface area contributed by atoms with E-state index in [1.165, 1.54) is 42.0 Å². The Morgan fingerprint density at radius 3 is 2.90 bits per heavy atom. The number of nitrogens with one attached hydrogen (secondary N) is 2. The van der Waals surface area contributed by atoms with Crippen LogP contribution in [0.15, 0.2) is 30.5 Å². The maximum atomic E-state index is 4.59. The molecule has 0 bridgehead atoms. The maximum absolute atomic E-state index is 4.59. The average Bonchev–Trinajstić information content (AvgIpc) is 2.54. The molecule has 3 nitrogen and oxygen atoms in total. The number of pyridine rings is 1. The van der Waals surface area contributed by atoms with E-state index in [1.807, 2.05) is 6.20 Å². The van der Waals surface area contributed by atoms with Gasteiger partial charge in [-0.05, 0) is 61.9 Å². The van der Waals surface area contributed by atoms with Crippen molar-refractivity contribution >= 4 is 16.6 Å². The van der Waals surface area contributed by atoms with Crippen LogP contribution in [0.3, 0.4) is 0 Å². The number of unbranched alkanes of at least 4 members (excludes halogenated alkanes) is 1. The fraction of sp³-hybridized carbons (Fsp3) is 0.500. The summed E-state index contributed by atoms with van der Waals surface area (Å²) < 4.78 is 0. The Bertz CT molecular complexity index is 588. The minimum absolute atomic E-state index is 0.545. The first-order valence-corrected chi connectivity index (χ1v) is 8.21. The topological polar surface area (TPSA) is 37.0 Å². The second kappa shape index (κ2) is 6.90. The van der Waals surface area contributed by atoms with Crippen molar-refractivity contribution in [2.45, 2.75) is 45.1 Å². The van der Waals surface area contributed by atoms with E-state index in [1.54, 1.807) is 0 Å². The zero-order valence-corrected chi connectivity index (χ0v) is 12.9. The Morgan fingerprint density at radius 1 is 1.24 bits per heavy atom. The van der Waals surface area contributed by atoms with Crippen LogP contribution >= 0.6 is 0 Å². The average molecular weight is 283 g/mol. The molecule has 1 aromatic heterocycles. The fourth-order valence-corrected chi connectivity index (χ4v) is 3.03. The Labute approximate surface area is 127 Å². The summed E-state index contributed by atoms with van der Waals surface area (Å²) in [5.41, 5.74) is 1.42. The van der Waals surface area contributed by atoms with Crippen molar-refractivity contribution in [1.82, 2.24) is 10.3 Å². The molecule has 0 radical (unpaired) electrons. The van der Waals surface area contributed by atoms with Crippen LogP contribution in [0.1, 0.15) is 38.2 Å². The van der Waals surface area contributed by atoms with Gasteiger partial charge in [0.15, 0.2) is 0 Å². The summed E-state index contributed by atoms with van der Waals surface area (Å²) in [5.74, 6) is 1.05. The Morgan fingerprint density at radius 2 is 2.10 bits per heavy atom. The lowest BCUT2D eigenvalue weighted by atomic mass is 10.0. The van der Waals surface area contributed by atoms with Crippen LogP contribution in [0.25, 0.3) is 10.8 Å². The first-order chi connectivity index (χ1) is 10.4. The second-order valence-corrected chi connectivity index (χ2v) is 5.99. The van der Waals surface area contributed by atoms with Crippen LogP contribution in [0.5, 0.6) is 0 Å². The van der Waals surface area contributed by atoms with Gasteiger partial charge < -0.3 is 10.6 Å². The summed E-state index contributed by atoms with van der Waals surface area (Å²) in [7, 11) is 0. The van der Waals surface area contributed by atoms with Gasteiger partial charge in [0.2, 0.25) is 0 Å². The molecule has 1 aliphatic heterocycles. The molecule has 0 aliphatic carbocycles. The third-order valence-electron chi connectivity index (χ3n) is 4.33. The van der Waals surface area contributed by atoms with Gasteiger partial charge in [-0.2, -0.15) is 0 Å². The van der Waals surface area contributed by atoms with Crippen molar-refractivity contribution < 1.29 is 0 Å². The maximum Gasteiger partial charge on any atom is 0.134 e. The smallest absolute Gasteiger partial charge is 0.134 e. The molecule has 21 heavy (non-hydrogen) atoms. The molecule has 1 saturated heterocycles. The van der Waals surface area contributed by atoms with Gasteiger partial charge >= 0.3 is 0 Å². The molecule has 2 heterocycles. The predicted octanol–water partition coefficient (Wildman–Crippen LogP) is 3.74. The van der Waals surface area contributed by atoms with Crippen LogP contribution in [0.2, 0.25) is 0 Å². The third-order valence-corrected chi connectivity index (χ3v) is 4.33. The van der Waals surface area contributed by atoms with Crippen LogP contribution in [-0.2, 0) is 6.42 Å². The predicted molar refractivity (Wildman–Crippen MR) is 89.9 cm³/mol. The molecule has 3 heteroatoms. The van der Waals surface area contributed by atoms with Gasteiger partial charge in [0.25, 0.3) is 0 Å². The summed E-state index contributed by atoms with van der Waals surface area (Å²) in [4.78, 5) is 4.59. The molecule has 0 atom stereocenters. The highest BCUT2D eigenvalue weighted by Gasteiger charge is 2.14. The first kappa shape index (κ1) is 14.3. The molecule has 0 spiro atoms. The Hall–Kier alpha value is -1.61. The Balaban J connectivity index is 1.85. The first-order valence-electron chi connectivity index (χ1n) is 8.21. The number of hydrogen-bond donors (Lipinski definition) is 2. The van der Waals surface area contributed by atoms with Crippen molar-refractivity contribution in [3.8, 4) is 0 Å². The number of rotatable bonds is 5. The van der Waals surface area contributed by atoms with Gasteiger partial charge in [-0.15, -0.1) is 0 Å². The third kappa shape index (κ3) is 3.53. The molecule has 1 aliphatic rings. The normalized spacial score (nSPS) is 16.2. The second-order valence-electron chi connectivity index (χ2n) is 5.99. The minimum Gasteiger partial charge on any atom is -0.367 e. The minimum atomic E-state index is 0.545. The number of anilines is 1. The van der Waals surface area contributed by atoms with Gasteiger partial charge in [-0.3, -0.25) is 0 Å². The van der Waals surface area contributed by atoms with Crippen molar-refractivity contribution in [2.24, 2.45) is 0 Å². The number of hydrogen-bond acceptors (Lipinski definition) is 3. The molecule has 112 valence electrons. The summed E-state index contributed by atoms with van der Waals surface area (Å²) in [5, 5.41) is 9.61. The zero-order valence-electron chi connectivity index (χ0n) is 12.9. The van der Waals surface area contributed by atoms with E-state index in [0.29, 0.717) is 6.04 Å². The van der Waals surface area contributed by atoms with Crippen molar-refractivity contribution in [1.29, 1.82) is 0 Å². The standard InChI is InChI=1S/C18H25N3/c1-2-3-4-14-5-6-15-7-12-20-18(17(15)13-14)21-16-8-10-19-11-9-16/h5-7,12-13,16,19H,2-4,8-11H2,1H3,(H,20,21). The molecule has 2 aromatic rings. The number of fused-ring (bicyclic) bond motifs is 1. The molecule has 1 fully saturated rings. The lowest BCUT2D eigenvalue weighted by Crippen LogP contribution is -2.35. The van der Waals surface area contributed by atoms with Crippen molar-refractivity contribution in [2.75, 3.05) is 18.4 Å². The van der Waals surface area contributed by atoms with Gasteiger partial charge in [0.05, 0.1) is 0 Å². The fourth-order valence-electron chi connectivity index (χ4n) is 3.03. The van der Waals surface area contributed by atoms with E-state index < -0.39 is 0 Å². The SMILES string of the molecule is CCCCc1ccc2ccnc(NC3CCNCC3)c2c1. The summed E-state index contributed by atoms with van der Waals surface area (Å²) >= 11 is 0. The molecule has 0 unspecified atom stereocenters. The number of benzene rings is 1. The van der Waals surface area contributed by atoms with Gasteiger partial charge in [0, 0.05) is 17.6 Å². The molecule has 0 saturated carbocycles. The van der Waals surface area contributed by atoms with E-state index in [9.17, 15) is 0 Å². The molecule has 0 amide bonds. The van der Waals surface area contributed by atoms with Gasteiger partial charge in [0.1, 0.15) is 5.82 Å². The molecular weight excluding hydrogens is 258 g/mol. The quantitative estimate of drug-likeness (QED) is 0.877. The molecule has 3 rings (SSSR count). The van der Waals surface area contributed by atoms with Gasteiger partial charge in [-0.25, -0.2) is 4.98 Å². The van der Waals surface area contributed by atoms with E-state index in [0.717, 1.165) is 25.3 Å². The lowest BCUT2D eigenvalue weighted by Gasteiger charge is -2.24. The lowest BCUT2D eigenvalue weighted by molar-refractivity contribution is 0.478. The van der Waals surface area contributed by atoms with E-state index >= 15 is 0 Å².